The molecule has 3 aromatic heterocycles. The van der Waals surface area contributed by atoms with Crippen LogP contribution in [0.3, 0.4) is 0 Å². The van der Waals surface area contributed by atoms with Gasteiger partial charge >= 0.3 is 0 Å². The maximum atomic E-state index is 5.64. The third-order valence-electron chi connectivity index (χ3n) is 2.81. The molecule has 17 heavy (non-hydrogen) atoms. The summed E-state index contributed by atoms with van der Waals surface area (Å²) < 4.78 is 2.11. The number of hydrogen-bond donors (Lipinski definition) is 1. The van der Waals surface area contributed by atoms with Crippen LogP contribution in [0.4, 0.5) is 0 Å². The molecule has 3 heterocycles. The average Bonchev–Trinajstić information content (AvgIpc) is 2.95. The first-order chi connectivity index (χ1) is 8.40. The van der Waals surface area contributed by atoms with Crippen molar-refractivity contribution in [2.24, 2.45) is 5.73 Å². The molecule has 2 N–H and O–H groups in total. The lowest BCUT2D eigenvalue weighted by Crippen LogP contribution is -2.02. The molecule has 3 rings (SSSR count). The molecule has 4 heteroatoms. The van der Waals surface area contributed by atoms with Crippen molar-refractivity contribution in [2.75, 3.05) is 6.54 Å². The third-order valence-corrected chi connectivity index (χ3v) is 3.79. The molecule has 0 radical (unpaired) electrons. The van der Waals surface area contributed by atoms with Gasteiger partial charge in [0.05, 0.1) is 11.9 Å². The number of nitrogens with zero attached hydrogens (tertiary/aromatic N) is 2. The summed E-state index contributed by atoms with van der Waals surface area (Å²) in [7, 11) is 0. The van der Waals surface area contributed by atoms with E-state index in [1.54, 1.807) is 11.3 Å². The standard InChI is InChI=1S/C13H13N3S/c14-6-4-12-10(5-8-17-12)11-9-15-13-3-1-2-7-16(11)13/h1-3,5,7-9H,4,6,14H2. The van der Waals surface area contributed by atoms with Crippen LogP contribution in [0, 0.1) is 0 Å². The minimum absolute atomic E-state index is 0.685. The highest BCUT2D eigenvalue weighted by molar-refractivity contribution is 7.10. The van der Waals surface area contributed by atoms with Crippen molar-refractivity contribution >= 4 is 17.0 Å². The normalized spacial score (nSPS) is 11.1. The Morgan fingerprint density at radius 2 is 2.24 bits per heavy atom. The Bertz CT molecular complexity index is 639. The van der Waals surface area contributed by atoms with Gasteiger partial charge in [0.15, 0.2) is 0 Å². The van der Waals surface area contributed by atoms with E-state index >= 15 is 0 Å². The molecule has 0 fully saturated rings. The largest absolute Gasteiger partial charge is 0.330 e. The van der Waals surface area contributed by atoms with Crippen LogP contribution in [0.25, 0.3) is 16.9 Å². The van der Waals surface area contributed by atoms with E-state index in [0.717, 1.165) is 17.8 Å². The summed E-state index contributed by atoms with van der Waals surface area (Å²) in [6.45, 7) is 0.685. The highest BCUT2D eigenvalue weighted by Gasteiger charge is 2.10. The van der Waals surface area contributed by atoms with Crippen LogP contribution in [-0.4, -0.2) is 15.9 Å². The van der Waals surface area contributed by atoms with Gasteiger partial charge in [0, 0.05) is 16.6 Å². The lowest BCUT2D eigenvalue weighted by atomic mass is 10.1. The summed E-state index contributed by atoms with van der Waals surface area (Å²) in [5.41, 5.74) is 9.01. The monoisotopic (exact) mass is 243 g/mol. The van der Waals surface area contributed by atoms with Crippen molar-refractivity contribution < 1.29 is 0 Å². The predicted molar refractivity (Wildman–Crippen MR) is 71.3 cm³/mol. The molecule has 0 spiro atoms. The highest BCUT2D eigenvalue weighted by Crippen LogP contribution is 2.28. The van der Waals surface area contributed by atoms with Crippen LogP contribution in [0.5, 0.6) is 0 Å². The zero-order valence-corrected chi connectivity index (χ0v) is 10.2. The summed E-state index contributed by atoms with van der Waals surface area (Å²) in [5, 5.41) is 2.11. The number of imidazole rings is 1. The molecule has 3 nitrogen and oxygen atoms in total. The molecule has 0 saturated carbocycles. The van der Waals surface area contributed by atoms with E-state index in [0.29, 0.717) is 6.54 Å². The van der Waals surface area contributed by atoms with Crippen LogP contribution in [-0.2, 0) is 6.42 Å². The first kappa shape index (κ1) is 10.5. The van der Waals surface area contributed by atoms with Crippen molar-refractivity contribution in [1.29, 1.82) is 0 Å². The Morgan fingerprint density at radius 3 is 3.12 bits per heavy atom. The van der Waals surface area contributed by atoms with Gasteiger partial charge in [-0.05, 0) is 36.5 Å². The molecule has 0 unspecified atom stereocenters. The topological polar surface area (TPSA) is 43.3 Å². The molecule has 0 atom stereocenters. The maximum Gasteiger partial charge on any atom is 0.137 e. The molecule has 3 aromatic rings. The van der Waals surface area contributed by atoms with E-state index in [1.807, 2.05) is 30.6 Å². The minimum atomic E-state index is 0.685. The van der Waals surface area contributed by atoms with Gasteiger partial charge < -0.3 is 5.73 Å². The zero-order chi connectivity index (χ0) is 11.7. The molecule has 0 saturated heterocycles. The fraction of sp³-hybridized carbons (Fsp3) is 0.154. The van der Waals surface area contributed by atoms with Gasteiger partial charge in [0.25, 0.3) is 0 Å². The van der Waals surface area contributed by atoms with Crippen molar-refractivity contribution in [1.82, 2.24) is 9.38 Å². The first-order valence-electron chi connectivity index (χ1n) is 5.59. The van der Waals surface area contributed by atoms with Gasteiger partial charge in [-0.2, -0.15) is 0 Å². The lowest BCUT2D eigenvalue weighted by molar-refractivity contribution is 0.988. The Hall–Kier alpha value is -1.65. The van der Waals surface area contributed by atoms with E-state index in [4.69, 9.17) is 5.73 Å². The number of nitrogens with two attached hydrogens (primary N) is 1. The molecule has 0 bridgehead atoms. The fourth-order valence-electron chi connectivity index (χ4n) is 2.03. The number of thiophene rings is 1. The van der Waals surface area contributed by atoms with Crippen LogP contribution >= 0.6 is 11.3 Å². The SMILES string of the molecule is NCCc1sccc1-c1cnc2ccccn12. The molecule has 0 aliphatic carbocycles. The molecule has 0 amide bonds. The summed E-state index contributed by atoms with van der Waals surface area (Å²) in [6, 6.07) is 8.18. The van der Waals surface area contributed by atoms with Crippen LogP contribution in [0.15, 0.2) is 42.0 Å². The summed E-state index contributed by atoms with van der Waals surface area (Å²) in [5.74, 6) is 0. The Labute approximate surface area is 104 Å². The quantitative estimate of drug-likeness (QED) is 0.768. The van der Waals surface area contributed by atoms with Crippen molar-refractivity contribution in [3.8, 4) is 11.3 Å². The van der Waals surface area contributed by atoms with Crippen LogP contribution in [0.2, 0.25) is 0 Å². The average molecular weight is 243 g/mol. The number of rotatable bonds is 3. The van der Waals surface area contributed by atoms with E-state index in [9.17, 15) is 0 Å². The number of pyridine rings is 1. The molecule has 0 aromatic carbocycles. The fourth-order valence-corrected chi connectivity index (χ4v) is 2.93. The number of fused-ring (bicyclic) bond motifs is 1. The van der Waals surface area contributed by atoms with Gasteiger partial charge in [0.2, 0.25) is 0 Å². The Morgan fingerprint density at radius 1 is 1.29 bits per heavy atom. The van der Waals surface area contributed by atoms with Gasteiger partial charge in [-0.3, -0.25) is 4.40 Å². The van der Waals surface area contributed by atoms with Crippen molar-refractivity contribution in [2.45, 2.75) is 6.42 Å². The molecular weight excluding hydrogens is 230 g/mol. The molecular formula is C13H13N3S. The zero-order valence-electron chi connectivity index (χ0n) is 9.34. The van der Waals surface area contributed by atoms with Gasteiger partial charge in [-0.25, -0.2) is 4.98 Å². The molecule has 0 aliphatic rings. The highest BCUT2D eigenvalue weighted by atomic mass is 32.1. The van der Waals surface area contributed by atoms with Crippen molar-refractivity contribution in [3.63, 3.8) is 0 Å². The summed E-state index contributed by atoms with van der Waals surface area (Å²) in [4.78, 5) is 5.74. The summed E-state index contributed by atoms with van der Waals surface area (Å²) >= 11 is 1.76. The number of aromatic nitrogens is 2. The molecule has 86 valence electrons. The van der Waals surface area contributed by atoms with Crippen LogP contribution < -0.4 is 5.73 Å². The van der Waals surface area contributed by atoms with Gasteiger partial charge in [0.1, 0.15) is 5.65 Å². The minimum Gasteiger partial charge on any atom is -0.330 e. The van der Waals surface area contributed by atoms with E-state index in [1.165, 1.54) is 10.4 Å². The van der Waals surface area contributed by atoms with E-state index in [-0.39, 0.29) is 0 Å². The maximum absolute atomic E-state index is 5.64. The van der Waals surface area contributed by atoms with E-state index in [2.05, 4.69) is 20.8 Å². The Kier molecular flexibility index (Phi) is 2.66. The third kappa shape index (κ3) is 1.75. The second kappa shape index (κ2) is 4.31. The van der Waals surface area contributed by atoms with Gasteiger partial charge in [-0.15, -0.1) is 11.3 Å². The second-order valence-electron chi connectivity index (χ2n) is 3.87. The molecule has 0 aliphatic heterocycles. The lowest BCUT2D eigenvalue weighted by Gasteiger charge is -2.02. The number of hydrogen-bond acceptors (Lipinski definition) is 3. The predicted octanol–water partition coefficient (Wildman–Crippen LogP) is 2.56. The smallest absolute Gasteiger partial charge is 0.137 e. The van der Waals surface area contributed by atoms with Gasteiger partial charge in [-0.1, -0.05) is 6.07 Å². The van der Waals surface area contributed by atoms with Crippen LogP contribution in [0.1, 0.15) is 4.88 Å². The summed E-state index contributed by atoms with van der Waals surface area (Å²) in [6.07, 6.45) is 4.89. The first-order valence-corrected chi connectivity index (χ1v) is 6.47. The van der Waals surface area contributed by atoms with Crippen molar-refractivity contribution in [3.05, 3.63) is 46.9 Å². The Balaban J connectivity index is 2.17. The van der Waals surface area contributed by atoms with E-state index < -0.39 is 0 Å². The second-order valence-corrected chi connectivity index (χ2v) is 4.87.